The number of rotatable bonds is 4. The Morgan fingerprint density at radius 2 is 2.18 bits per heavy atom. The number of aromatic nitrogens is 2. The number of imidazole rings is 1. The zero-order valence-electron chi connectivity index (χ0n) is 10.1. The van der Waals surface area contributed by atoms with Crippen LogP contribution in [0.5, 0.6) is 0 Å². The van der Waals surface area contributed by atoms with E-state index >= 15 is 0 Å². The molecule has 4 heteroatoms. The molecule has 1 aromatic heterocycles. The fourth-order valence-electron chi connectivity index (χ4n) is 2.25. The van der Waals surface area contributed by atoms with Gasteiger partial charge < -0.3 is 9.67 Å². The maximum absolute atomic E-state index is 10.9. The van der Waals surface area contributed by atoms with E-state index in [9.17, 15) is 4.79 Å². The summed E-state index contributed by atoms with van der Waals surface area (Å²) in [6.45, 7) is 3.92. The summed E-state index contributed by atoms with van der Waals surface area (Å²) >= 11 is 0. The first kappa shape index (κ1) is 11.6. The number of carboxylic acids is 1. The van der Waals surface area contributed by atoms with Crippen molar-refractivity contribution in [2.24, 2.45) is 0 Å². The van der Waals surface area contributed by atoms with Gasteiger partial charge in [0.2, 0.25) is 0 Å². The molecule has 0 amide bonds. The summed E-state index contributed by atoms with van der Waals surface area (Å²) in [6, 6.07) is 7.80. The van der Waals surface area contributed by atoms with Crippen molar-refractivity contribution in [1.82, 2.24) is 9.55 Å². The Balaban J connectivity index is 2.52. The maximum atomic E-state index is 10.9. The second-order valence-electron chi connectivity index (χ2n) is 4.18. The van der Waals surface area contributed by atoms with Crippen LogP contribution in [0.3, 0.4) is 0 Å². The van der Waals surface area contributed by atoms with Crippen molar-refractivity contribution in [1.29, 1.82) is 0 Å². The van der Waals surface area contributed by atoms with Crippen LogP contribution in [-0.4, -0.2) is 20.6 Å². The predicted octanol–water partition coefficient (Wildman–Crippen LogP) is 2.77. The zero-order valence-corrected chi connectivity index (χ0v) is 10.1. The van der Waals surface area contributed by atoms with Crippen LogP contribution in [-0.2, 0) is 4.79 Å². The molecular weight excluding hydrogens is 216 g/mol. The summed E-state index contributed by atoms with van der Waals surface area (Å²) < 4.78 is 2.03. The summed E-state index contributed by atoms with van der Waals surface area (Å²) in [5.74, 6) is 0.105. The number of fused-ring (bicyclic) bond motifs is 1. The largest absolute Gasteiger partial charge is 0.481 e. The Hall–Kier alpha value is -1.84. The molecule has 1 N–H and O–H groups in total. The van der Waals surface area contributed by atoms with E-state index in [1.807, 2.05) is 42.7 Å². The smallest absolute Gasteiger partial charge is 0.305 e. The molecule has 0 bridgehead atoms. The number of carboxylic acid groups (broad SMARTS) is 1. The van der Waals surface area contributed by atoms with E-state index in [1.54, 1.807) is 0 Å². The first-order chi connectivity index (χ1) is 8.13. The summed E-state index contributed by atoms with van der Waals surface area (Å²) in [5.41, 5.74) is 1.94. The van der Waals surface area contributed by atoms with Gasteiger partial charge in [0.1, 0.15) is 5.82 Å². The van der Waals surface area contributed by atoms with Crippen LogP contribution in [0.4, 0.5) is 0 Å². The van der Waals surface area contributed by atoms with Gasteiger partial charge in [-0.2, -0.15) is 0 Å². The molecule has 0 aliphatic carbocycles. The normalized spacial score (nSPS) is 12.8. The average molecular weight is 232 g/mol. The highest BCUT2D eigenvalue weighted by molar-refractivity contribution is 5.76. The minimum atomic E-state index is -0.769. The molecule has 0 radical (unpaired) electrons. The Morgan fingerprint density at radius 3 is 2.82 bits per heavy atom. The fraction of sp³-hybridized carbons (Fsp3) is 0.385. The van der Waals surface area contributed by atoms with Crippen molar-refractivity contribution < 1.29 is 9.90 Å². The van der Waals surface area contributed by atoms with E-state index in [0.717, 1.165) is 23.3 Å². The highest BCUT2D eigenvalue weighted by Gasteiger charge is 2.17. The van der Waals surface area contributed by atoms with Gasteiger partial charge in [-0.1, -0.05) is 19.1 Å². The number of para-hydroxylation sites is 2. The molecule has 17 heavy (non-hydrogen) atoms. The third-order valence-electron chi connectivity index (χ3n) is 3.02. The van der Waals surface area contributed by atoms with Gasteiger partial charge in [-0.3, -0.25) is 4.79 Å². The highest BCUT2D eigenvalue weighted by atomic mass is 16.4. The van der Waals surface area contributed by atoms with E-state index < -0.39 is 5.97 Å². The Bertz CT molecular complexity index is 545. The number of nitrogens with zero attached hydrogens (tertiary/aromatic N) is 2. The van der Waals surface area contributed by atoms with Crippen molar-refractivity contribution in [2.75, 3.05) is 0 Å². The monoisotopic (exact) mass is 232 g/mol. The van der Waals surface area contributed by atoms with Crippen LogP contribution in [0, 0.1) is 6.92 Å². The summed E-state index contributed by atoms with van der Waals surface area (Å²) in [5, 5.41) is 8.94. The van der Waals surface area contributed by atoms with Gasteiger partial charge in [0.05, 0.1) is 17.5 Å². The minimum absolute atomic E-state index is 0.0279. The van der Waals surface area contributed by atoms with Crippen molar-refractivity contribution in [3.05, 3.63) is 30.1 Å². The summed E-state index contributed by atoms with van der Waals surface area (Å²) in [7, 11) is 0. The van der Waals surface area contributed by atoms with Crippen molar-refractivity contribution in [2.45, 2.75) is 32.7 Å². The van der Waals surface area contributed by atoms with Crippen LogP contribution in [0.1, 0.15) is 31.6 Å². The van der Waals surface area contributed by atoms with Crippen LogP contribution in [0.15, 0.2) is 24.3 Å². The molecule has 2 rings (SSSR count). The van der Waals surface area contributed by atoms with Gasteiger partial charge in [-0.15, -0.1) is 0 Å². The van der Waals surface area contributed by atoms with Gasteiger partial charge in [0.25, 0.3) is 0 Å². The molecule has 90 valence electrons. The molecule has 0 saturated heterocycles. The Morgan fingerprint density at radius 1 is 1.47 bits per heavy atom. The molecule has 1 aromatic carbocycles. The molecule has 1 unspecified atom stereocenters. The molecule has 1 heterocycles. The number of carbonyl (C=O) groups is 1. The predicted molar refractivity (Wildman–Crippen MR) is 66.1 cm³/mol. The lowest BCUT2D eigenvalue weighted by Gasteiger charge is -2.17. The van der Waals surface area contributed by atoms with Crippen molar-refractivity contribution >= 4 is 17.0 Å². The molecule has 0 fully saturated rings. The molecule has 4 nitrogen and oxygen atoms in total. The van der Waals surface area contributed by atoms with Crippen LogP contribution in [0.25, 0.3) is 11.0 Å². The summed E-state index contributed by atoms with van der Waals surface area (Å²) in [4.78, 5) is 15.3. The topological polar surface area (TPSA) is 55.1 Å². The Kier molecular flexibility index (Phi) is 3.13. The van der Waals surface area contributed by atoms with E-state index in [0.29, 0.717) is 0 Å². The fourth-order valence-corrected chi connectivity index (χ4v) is 2.25. The third kappa shape index (κ3) is 2.16. The third-order valence-corrected chi connectivity index (χ3v) is 3.02. The van der Waals surface area contributed by atoms with E-state index in [2.05, 4.69) is 4.98 Å². The molecular formula is C13H16N2O2. The first-order valence-corrected chi connectivity index (χ1v) is 5.78. The van der Waals surface area contributed by atoms with Crippen LogP contribution in [0.2, 0.25) is 0 Å². The number of aliphatic carboxylic acids is 1. The standard InChI is InChI=1S/C13H16N2O2/c1-3-10(8-13(16)17)15-9(2)14-11-6-4-5-7-12(11)15/h4-7,10H,3,8H2,1-2H3,(H,16,17). The quantitative estimate of drug-likeness (QED) is 0.881. The van der Waals surface area contributed by atoms with Crippen LogP contribution >= 0.6 is 0 Å². The maximum Gasteiger partial charge on any atom is 0.305 e. The number of aryl methyl sites for hydroxylation is 1. The van der Waals surface area contributed by atoms with E-state index in [1.165, 1.54) is 0 Å². The molecule has 1 atom stereocenters. The lowest BCUT2D eigenvalue weighted by molar-refractivity contribution is -0.137. The van der Waals surface area contributed by atoms with E-state index in [4.69, 9.17) is 5.11 Å². The Labute approximate surface area is 99.9 Å². The second kappa shape index (κ2) is 4.57. The molecule has 0 aliphatic rings. The SMILES string of the molecule is CCC(CC(=O)O)n1c(C)nc2ccccc21. The van der Waals surface area contributed by atoms with Gasteiger partial charge in [0, 0.05) is 6.04 Å². The minimum Gasteiger partial charge on any atom is -0.481 e. The number of benzene rings is 1. The molecule has 0 spiro atoms. The van der Waals surface area contributed by atoms with Gasteiger partial charge in [-0.25, -0.2) is 4.98 Å². The highest BCUT2D eigenvalue weighted by Crippen LogP contribution is 2.25. The molecule has 0 aliphatic heterocycles. The van der Waals surface area contributed by atoms with Crippen molar-refractivity contribution in [3.8, 4) is 0 Å². The van der Waals surface area contributed by atoms with Gasteiger partial charge in [0.15, 0.2) is 0 Å². The van der Waals surface area contributed by atoms with Crippen molar-refractivity contribution in [3.63, 3.8) is 0 Å². The van der Waals surface area contributed by atoms with E-state index in [-0.39, 0.29) is 12.5 Å². The average Bonchev–Trinajstić information content (AvgIpc) is 2.62. The molecule has 0 saturated carbocycles. The molecule has 2 aromatic rings. The number of hydrogen-bond acceptors (Lipinski definition) is 2. The lowest BCUT2D eigenvalue weighted by Crippen LogP contribution is -2.14. The second-order valence-corrected chi connectivity index (χ2v) is 4.18. The zero-order chi connectivity index (χ0) is 12.4. The summed E-state index contributed by atoms with van der Waals surface area (Å²) in [6.07, 6.45) is 0.922. The lowest BCUT2D eigenvalue weighted by atomic mass is 10.1. The first-order valence-electron chi connectivity index (χ1n) is 5.78. The number of hydrogen-bond donors (Lipinski definition) is 1. The van der Waals surface area contributed by atoms with Gasteiger partial charge >= 0.3 is 5.97 Å². The van der Waals surface area contributed by atoms with Gasteiger partial charge in [-0.05, 0) is 25.5 Å². The van der Waals surface area contributed by atoms with Crippen LogP contribution < -0.4 is 0 Å².